The zero-order valence-corrected chi connectivity index (χ0v) is 13.5. The lowest BCUT2D eigenvalue weighted by Crippen LogP contribution is -2.40. The number of aryl methyl sites for hydroxylation is 1. The minimum Gasteiger partial charge on any atom is -0.316 e. The molecular weight excluding hydrogens is 256 g/mol. The zero-order valence-electron chi connectivity index (χ0n) is 13.5. The van der Waals surface area contributed by atoms with Crippen molar-refractivity contribution < 1.29 is 0 Å². The number of fused-ring (bicyclic) bond motifs is 1. The molecule has 3 rings (SSSR count). The van der Waals surface area contributed by atoms with Gasteiger partial charge in [-0.05, 0) is 74.7 Å². The molecule has 116 valence electrons. The Morgan fingerprint density at radius 3 is 2.86 bits per heavy atom. The Morgan fingerprint density at radius 2 is 2.05 bits per heavy atom. The predicted molar refractivity (Wildman–Crippen MR) is 89.8 cm³/mol. The summed E-state index contributed by atoms with van der Waals surface area (Å²) in [5, 5.41) is 3.56. The molecule has 21 heavy (non-hydrogen) atoms. The van der Waals surface area contributed by atoms with E-state index in [4.69, 9.17) is 0 Å². The van der Waals surface area contributed by atoms with Crippen LogP contribution in [0.4, 0.5) is 0 Å². The van der Waals surface area contributed by atoms with Gasteiger partial charge in [-0.15, -0.1) is 0 Å². The molecule has 0 amide bonds. The van der Waals surface area contributed by atoms with Gasteiger partial charge in [-0.3, -0.25) is 0 Å². The molecule has 0 radical (unpaired) electrons. The minimum absolute atomic E-state index is 0.756. The van der Waals surface area contributed by atoms with E-state index in [1.165, 1.54) is 64.8 Å². The fraction of sp³-hybridized carbons (Fsp3) is 0.684. The van der Waals surface area contributed by atoms with Crippen LogP contribution in [0.15, 0.2) is 24.3 Å². The summed E-state index contributed by atoms with van der Waals surface area (Å²) in [6.07, 6.45) is 6.78. The lowest BCUT2D eigenvalue weighted by atomic mass is 9.82. The second-order valence-corrected chi connectivity index (χ2v) is 6.85. The molecular formula is C19H30N2. The molecule has 0 spiro atoms. The first kappa shape index (κ1) is 15.1. The summed E-state index contributed by atoms with van der Waals surface area (Å²) < 4.78 is 0. The number of nitrogens with one attached hydrogen (secondary N) is 1. The van der Waals surface area contributed by atoms with Crippen LogP contribution in [0, 0.1) is 5.92 Å². The van der Waals surface area contributed by atoms with Crippen molar-refractivity contribution in [1.29, 1.82) is 0 Å². The van der Waals surface area contributed by atoms with Gasteiger partial charge in [0.05, 0.1) is 0 Å². The Balaban J connectivity index is 1.61. The molecule has 1 heterocycles. The molecule has 2 atom stereocenters. The Hall–Kier alpha value is -0.860. The smallest absolute Gasteiger partial charge is 0.00504 e. The maximum atomic E-state index is 3.56. The molecule has 2 unspecified atom stereocenters. The van der Waals surface area contributed by atoms with Gasteiger partial charge in [-0.25, -0.2) is 0 Å². The van der Waals surface area contributed by atoms with Gasteiger partial charge in [0, 0.05) is 13.1 Å². The Kier molecular flexibility index (Phi) is 5.32. The Morgan fingerprint density at radius 1 is 1.14 bits per heavy atom. The molecule has 0 bridgehead atoms. The third-order valence-electron chi connectivity index (χ3n) is 5.33. The van der Waals surface area contributed by atoms with Crippen LogP contribution < -0.4 is 5.32 Å². The average Bonchev–Trinajstić information content (AvgIpc) is 2.55. The first-order valence-electron chi connectivity index (χ1n) is 8.87. The molecule has 1 saturated heterocycles. The van der Waals surface area contributed by atoms with Crippen LogP contribution in [0.3, 0.4) is 0 Å². The van der Waals surface area contributed by atoms with Gasteiger partial charge >= 0.3 is 0 Å². The van der Waals surface area contributed by atoms with Gasteiger partial charge in [0.25, 0.3) is 0 Å². The largest absolute Gasteiger partial charge is 0.316 e. The molecule has 2 aliphatic rings. The second kappa shape index (κ2) is 7.42. The number of nitrogens with zero attached hydrogens (tertiary/aromatic N) is 1. The standard InChI is InChI=1S/C19H30N2/c1-2-21(14-16-7-6-12-20-13-16)15-18-10-5-9-17-8-3-4-11-19(17)18/h3-4,8,11,16,18,20H,2,5-7,9-10,12-15H2,1H3. The lowest BCUT2D eigenvalue weighted by molar-refractivity contribution is 0.201. The summed E-state index contributed by atoms with van der Waals surface area (Å²) in [6, 6.07) is 9.13. The molecule has 1 aromatic carbocycles. The Bertz CT molecular complexity index is 437. The molecule has 1 aliphatic heterocycles. The predicted octanol–water partition coefficient (Wildman–Crippen LogP) is 3.43. The van der Waals surface area contributed by atoms with Crippen LogP contribution in [0.25, 0.3) is 0 Å². The van der Waals surface area contributed by atoms with Crippen molar-refractivity contribution in [3.8, 4) is 0 Å². The topological polar surface area (TPSA) is 15.3 Å². The lowest BCUT2D eigenvalue weighted by Gasteiger charge is -2.34. The molecule has 1 aliphatic carbocycles. The van der Waals surface area contributed by atoms with Gasteiger partial charge in [0.15, 0.2) is 0 Å². The van der Waals surface area contributed by atoms with Crippen LogP contribution in [0.1, 0.15) is 49.7 Å². The summed E-state index contributed by atoms with van der Waals surface area (Å²) >= 11 is 0. The SMILES string of the molecule is CCN(CC1CCCNC1)CC1CCCc2ccccc21. The van der Waals surface area contributed by atoms with Crippen LogP contribution in [-0.2, 0) is 6.42 Å². The van der Waals surface area contributed by atoms with E-state index in [1.807, 2.05) is 0 Å². The molecule has 0 saturated carbocycles. The molecule has 2 nitrogen and oxygen atoms in total. The molecule has 0 aromatic heterocycles. The molecule has 2 heteroatoms. The number of piperidine rings is 1. The van der Waals surface area contributed by atoms with Crippen molar-refractivity contribution in [2.45, 2.75) is 44.9 Å². The number of benzene rings is 1. The summed E-state index contributed by atoms with van der Waals surface area (Å²) in [5.41, 5.74) is 3.23. The Labute approximate surface area is 129 Å². The number of hydrogen-bond donors (Lipinski definition) is 1. The molecule has 1 N–H and O–H groups in total. The van der Waals surface area contributed by atoms with Crippen LogP contribution in [-0.4, -0.2) is 37.6 Å². The number of rotatable bonds is 5. The first-order chi connectivity index (χ1) is 10.4. The monoisotopic (exact) mass is 286 g/mol. The van der Waals surface area contributed by atoms with E-state index < -0.39 is 0 Å². The minimum atomic E-state index is 0.756. The average molecular weight is 286 g/mol. The van der Waals surface area contributed by atoms with E-state index in [1.54, 1.807) is 11.1 Å². The van der Waals surface area contributed by atoms with E-state index in [2.05, 4.69) is 41.4 Å². The van der Waals surface area contributed by atoms with Crippen molar-refractivity contribution in [2.24, 2.45) is 5.92 Å². The van der Waals surface area contributed by atoms with E-state index in [-0.39, 0.29) is 0 Å². The second-order valence-electron chi connectivity index (χ2n) is 6.85. The van der Waals surface area contributed by atoms with E-state index in [0.717, 1.165) is 11.8 Å². The summed E-state index contributed by atoms with van der Waals surface area (Å²) in [5.74, 6) is 1.61. The van der Waals surface area contributed by atoms with E-state index in [0.29, 0.717) is 0 Å². The highest BCUT2D eigenvalue weighted by atomic mass is 15.1. The third kappa shape index (κ3) is 3.87. The van der Waals surface area contributed by atoms with Gasteiger partial charge in [0.1, 0.15) is 0 Å². The number of hydrogen-bond acceptors (Lipinski definition) is 2. The third-order valence-corrected chi connectivity index (χ3v) is 5.33. The molecule has 1 aromatic rings. The normalized spacial score (nSPS) is 25.8. The maximum Gasteiger partial charge on any atom is 0.00504 e. The first-order valence-corrected chi connectivity index (χ1v) is 8.87. The van der Waals surface area contributed by atoms with Gasteiger partial charge < -0.3 is 10.2 Å². The fourth-order valence-electron chi connectivity index (χ4n) is 4.13. The van der Waals surface area contributed by atoms with Crippen LogP contribution in [0.2, 0.25) is 0 Å². The zero-order chi connectivity index (χ0) is 14.5. The van der Waals surface area contributed by atoms with Crippen LogP contribution in [0.5, 0.6) is 0 Å². The summed E-state index contributed by atoms with van der Waals surface area (Å²) in [6.45, 7) is 8.49. The summed E-state index contributed by atoms with van der Waals surface area (Å²) in [4.78, 5) is 2.70. The van der Waals surface area contributed by atoms with Crippen molar-refractivity contribution in [2.75, 3.05) is 32.7 Å². The van der Waals surface area contributed by atoms with Crippen molar-refractivity contribution in [1.82, 2.24) is 10.2 Å². The molecule has 1 fully saturated rings. The van der Waals surface area contributed by atoms with Gasteiger partial charge in [-0.2, -0.15) is 0 Å². The van der Waals surface area contributed by atoms with E-state index >= 15 is 0 Å². The fourth-order valence-corrected chi connectivity index (χ4v) is 4.13. The number of likely N-dealkylation sites (N-methyl/N-ethyl adjacent to an activating group) is 1. The summed E-state index contributed by atoms with van der Waals surface area (Å²) in [7, 11) is 0. The maximum absolute atomic E-state index is 3.56. The van der Waals surface area contributed by atoms with E-state index in [9.17, 15) is 0 Å². The van der Waals surface area contributed by atoms with Gasteiger partial charge in [0.2, 0.25) is 0 Å². The van der Waals surface area contributed by atoms with Crippen LogP contribution >= 0.6 is 0 Å². The van der Waals surface area contributed by atoms with Crippen molar-refractivity contribution in [3.05, 3.63) is 35.4 Å². The van der Waals surface area contributed by atoms with Gasteiger partial charge in [-0.1, -0.05) is 31.2 Å². The highest BCUT2D eigenvalue weighted by molar-refractivity contribution is 5.32. The van der Waals surface area contributed by atoms with Crippen molar-refractivity contribution >= 4 is 0 Å². The highest BCUT2D eigenvalue weighted by Crippen LogP contribution is 2.32. The highest BCUT2D eigenvalue weighted by Gasteiger charge is 2.23. The van der Waals surface area contributed by atoms with Crippen molar-refractivity contribution in [3.63, 3.8) is 0 Å². The quantitative estimate of drug-likeness (QED) is 0.892.